The van der Waals surface area contributed by atoms with Gasteiger partial charge in [0.05, 0.1) is 7.11 Å². The lowest BCUT2D eigenvalue weighted by Gasteiger charge is -2.33. The average Bonchev–Trinajstić information content (AvgIpc) is 2.48. The van der Waals surface area contributed by atoms with Gasteiger partial charge in [0, 0.05) is 6.04 Å². The van der Waals surface area contributed by atoms with Crippen LogP contribution in [-0.2, 0) is 6.42 Å². The summed E-state index contributed by atoms with van der Waals surface area (Å²) < 4.78 is 5.32. The Bertz CT molecular complexity index is 639. The second-order valence-corrected chi connectivity index (χ2v) is 5.78. The second kappa shape index (κ2) is 5.88. The van der Waals surface area contributed by atoms with Crippen LogP contribution < -0.4 is 16.0 Å². The normalized spacial score (nSPS) is 17.8. The van der Waals surface area contributed by atoms with E-state index in [2.05, 4.69) is 48.7 Å². The monoisotopic (exact) mass is 282 g/mol. The van der Waals surface area contributed by atoms with E-state index < -0.39 is 0 Å². The molecule has 0 saturated carbocycles. The molecule has 3 rings (SSSR count). The number of aryl methyl sites for hydroxylation is 1. The molecule has 0 aromatic heterocycles. The van der Waals surface area contributed by atoms with Crippen molar-refractivity contribution in [3.63, 3.8) is 0 Å². The Morgan fingerprint density at radius 1 is 1.29 bits per heavy atom. The minimum absolute atomic E-state index is 0.174. The van der Waals surface area contributed by atoms with Gasteiger partial charge in [0.25, 0.3) is 0 Å². The molecule has 1 aliphatic rings. The molecule has 2 aromatic carbocycles. The topological polar surface area (TPSA) is 47.3 Å². The van der Waals surface area contributed by atoms with E-state index in [0.29, 0.717) is 5.92 Å². The number of nitrogens with two attached hydrogens (primary N) is 1. The zero-order valence-corrected chi connectivity index (χ0v) is 12.6. The van der Waals surface area contributed by atoms with Gasteiger partial charge < -0.3 is 4.74 Å². The fourth-order valence-electron chi connectivity index (χ4n) is 3.28. The first-order valence-electron chi connectivity index (χ1n) is 7.41. The summed E-state index contributed by atoms with van der Waals surface area (Å²) in [5, 5.41) is 0. The summed E-state index contributed by atoms with van der Waals surface area (Å²) in [6.45, 7) is 2.06. The Balaban J connectivity index is 1.76. The van der Waals surface area contributed by atoms with Gasteiger partial charge in [-0.15, -0.1) is 0 Å². The van der Waals surface area contributed by atoms with Gasteiger partial charge >= 0.3 is 0 Å². The molecule has 0 heterocycles. The van der Waals surface area contributed by atoms with Crippen molar-refractivity contribution in [2.45, 2.75) is 31.7 Å². The first kappa shape index (κ1) is 14.1. The van der Waals surface area contributed by atoms with E-state index in [1.807, 2.05) is 6.07 Å². The smallest absolute Gasteiger partial charge is 0.121 e. The maximum absolute atomic E-state index is 5.79. The van der Waals surface area contributed by atoms with E-state index in [-0.39, 0.29) is 6.04 Å². The Labute approximate surface area is 126 Å². The number of rotatable bonds is 5. The number of methoxy groups -OCH3 is 1. The molecule has 2 aromatic rings. The number of hydrazine groups is 1. The van der Waals surface area contributed by atoms with E-state index in [4.69, 9.17) is 10.6 Å². The third kappa shape index (κ3) is 2.67. The molecule has 3 heteroatoms. The zero-order chi connectivity index (χ0) is 14.8. The van der Waals surface area contributed by atoms with Crippen molar-refractivity contribution < 1.29 is 4.74 Å². The molecule has 0 fully saturated rings. The third-order valence-electron chi connectivity index (χ3n) is 4.50. The highest BCUT2D eigenvalue weighted by Gasteiger charge is 2.28. The summed E-state index contributed by atoms with van der Waals surface area (Å²) in [4.78, 5) is 0. The molecule has 0 spiro atoms. The van der Waals surface area contributed by atoms with Crippen LogP contribution >= 0.6 is 0 Å². The van der Waals surface area contributed by atoms with E-state index in [0.717, 1.165) is 24.2 Å². The van der Waals surface area contributed by atoms with Crippen LogP contribution in [0.3, 0.4) is 0 Å². The van der Waals surface area contributed by atoms with Gasteiger partial charge in [0.1, 0.15) is 5.75 Å². The molecule has 110 valence electrons. The number of nitrogens with one attached hydrogen (secondary N) is 1. The van der Waals surface area contributed by atoms with Gasteiger partial charge in [-0.05, 0) is 54.0 Å². The Hall–Kier alpha value is -1.84. The number of hydrogen-bond donors (Lipinski definition) is 2. The van der Waals surface area contributed by atoms with Crippen molar-refractivity contribution in [2.75, 3.05) is 7.11 Å². The van der Waals surface area contributed by atoms with Crippen LogP contribution in [-0.4, -0.2) is 7.11 Å². The molecular weight excluding hydrogens is 260 g/mol. The van der Waals surface area contributed by atoms with Crippen LogP contribution in [0.5, 0.6) is 5.75 Å². The van der Waals surface area contributed by atoms with Crippen molar-refractivity contribution in [3.8, 4) is 5.75 Å². The molecule has 0 saturated heterocycles. The standard InChI is InChI=1S/C18H22N2O/c1-12-9-14(7-8-18(12)21-2)17(20-19)11-15-10-13-5-3-4-6-16(13)15/h3-9,15,17,20H,10-11,19H2,1-2H3. The van der Waals surface area contributed by atoms with Gasteiger partial charge in [-0.3, -0.25) is 11.3 Å². The summed E-state index contributed by atoms with van der Waals surface area (Å²) in [7, 11) is 1.70. The van der Waals surface area contributed by atoms with Crippen molar-refractivity contribution in [1.82, 2.24) is 5.43 Å². The molecule has 0 amide bonds. The molecule has 2 atom stereocenters. The van der Waals surface area contributed by atoms with Crippen molar-refractivity contribution in [1.29, 1.82) is 0 Å². The molecule has 0 bridgehead atoms. The van der Waals surface area contributed by atoms with Gasteiger partial charge in [-0.1, -0.05) is 36.4 Å². The van der Waals surface area contributed by atoms with Crippen LogP contribution in [0.1, 0.15) is 40.6 Å². The van der Waals surface area contributed by atoms with E-state index in [1.165, 1.54) is 16.7 Å². The Morgan fingerprint density at radius 2 is 2.10 bits per heavy atom. The van der Waals surface area contributed by atoms with Gasteiger partial charge in [-0.2, -0.15) is 0 Å². The Kier molecular flexibility index (Phi) is 3.95. The van der Waals surface area contributed by atoms with Gasteiger partial charge in [0.2, 0.25) is 0 Å². The van der Waals surface area contributed by atoms with Crippen molar-refractivity contribution in [3.05, 3.63) is 64.7 Å². The molecule has 0 aliphatic heterocycles. The summed E-state index contributed by atoms with van der Waals surface area (Å²) in [5.41, 5.74) is 8.29. The summed E-state index contributed by atoms with van der Waals surface area (Å²) in [5.74, 6) is 7.31. The maximum Gasteiger partial charge on any atom is 0.121 e. The lowest BCUT2D eigenvalue weighted by molar-refractivity contribution is 0.409. The number of hydrogen-bond acceptors (Lipinski definition) is 3. The highest BCUT2D eigenvalue weighted by atomic mass is 16.5. The minimum atomic E-state index is 0.174. The minimum Gasteiger partial charge on any atom is -0.496 e. The highest BCUT2D eigenvalue weighted by molar-refractivity contribution is 5.41. The SMILES string of the molecule is COc1ccc(C(CC2Cc3ccccc32)NN)cc1C. The first-order valence-corrected chi connectivity index (χ1v) is 7.41. The lowest BCUT2D eigenvalue weighted by atomic mass is 9.74. The zero-order valence-electron chi connectivity index (χ0n) is 12.6. The van der Waals surface area contributed by atoms with Crippen molar-refractivity contribution >= 4 is 0 Å². The molecule has 1 aliphatic carbocycles. The van der Waals surface area contributed by atoms with E-state index in [9.17, 15) is 0 Å². The third-order valence-corrected chi connectivity index (χ3v) is 4.50. The number of benzene rings is 2. The fraction of sp³-hybridized carbons (Fsp3) is 0.333. The predicted octanol–water partition coefficient (Wildman–Crippen LogP) is 3.24. The van der Waals surface area contributed by atoms with E-state index in [1.54, 1.807) is 7.11 Å². The molecule has 0 radical (unpaired) electrons. The van der Waals surface area contributed by atoms with Crippen LogP contribution in [0.25, 0.3) is 0 Å². The largest absolute Gasteiger partial charge is 0.496 e. The quantitative estimate of drug-likeness (QED) is 0.654. The van der Waals surface area contributed by atoms with Crippen LogP contribution in [0.2, 0.25) is 0 Å². The lowest BCUT2D eigenvalue weighted by Crippen LogP contribution is -2.31. The molecule has 21 heavy (non-hydrogen) atoms. The first-order chi connectivity index (χ1) is 10.2. The van der Waals surface area contributed by atoms with Crippen LogP contribution in [0.4, 0.5) is 0 Å². The molecule has 2 unspecified atom stereocenters. The number of fused-ring (bicyclic) bond motifs is 1. The van der Waals surface area contributed by atoms with Gasteiger partial charge in [-0.25, -0.2) is 0 Å². The van der Waals surface area contributed by atoms with Crippen LogP contribution in [0.15, 0.2) is 42.5 Å². The summed E-state index contributed by atoms with van der Waals surface area (Å²) in [6, 6.07) is 15.1. The van der Waals surface area contributed by atoms with Crippen LogP contribution in [0, 0.1) is 6.92 Å². The van der Waals surface area contributed by atoms with E-state index >= 15 is 0 Å². The van der Waals surface area contributed by atoms with Crippen molar-refractivity contribution in [2.24, 2.45) is 5.84 Å². The fourth-order valence-corrected chi connectivity index (χ4v) is 3.28. The number of ether oxygens (including phenoxy) is 1. The summed E-state index contributed by atoms with van der Waals surface area (Å²) in [6.07, 6.45) is 2.18. The average molecular weight is 282 g/mol. The van der Waals surface area contributed by atoms with Gasteiger partial charge in [0.15, 0.2) is 0 Å². The molecular formula is C18H22N2O. The summed E-state index contributed by atoms with van der Waals surface area (Å²) >= 11 is 0. The molecule has 3 N–H and O–H groups in total. The maximum atomic E-state index is 5.79. The second-order valence-electron chi connectivity index (χ2n) is 5.78. The molecule has 3 nitrogen and oxygen atoms in total. The predicted molar refractivity (Wildman–Crippen MR) is 85.3 cm³/mol. The highest BCUT2D eigenvalue weighted by Crippen LogP contribution is 2.40. The Morgan fingerprint density at radius 3 is 2.76 bits per heavy atom.